The molecule has 1 heterocycles. The van der Waals surface area contributed by atoms with Gasteiger partial charge in [0.15, 0.2) is 5.58 Å². The highest BCUT2D eigenvalue weighted by atomic mass is 16.5. The summed E-state index contributed by atoms with van der Waals surface area (Å²) in [5, 5.41) is 15.8. The SMILES string of the molecule is CCCc1cc2c(-c3ccccc3)noc2c(CCC)c1O. The fourth-order valence-corrected chi connectivity index (χ4v) is 2.94. The van der Waals surface area contributed by atoms with E-state index in [0.29, 0.717) is 5.75 Å². The number of aromatic nitrogens is 1. The zero-order chi connectivity index (χ0) is 15.5. The van der Waals surface area contributed by atoms with E-state index in [2.05, 4.69) is 19.0 Å². The largest absolute Gasteiger partial charge is 0.507 e. The van der Waals surface area contributed by atoms with E-state index in [9.17, 15) is 5.11 Å². The highest BCUT2D eigenvalue weighted by molar-refractivity contribution is 5.95. The quantitative estimate of drug-likeness (QED) is 0.711. The molecule has 0 aliphatic heterocycles. The molecule has 114 valence electrons. The third kappa shape index (κ3) is 2.47. The smallest absolute Gasteiger partial charge is 0.174 e. The van der Waals surface area contributed by atoms with Gasteiger partial charge in [0, 0.05) is 11.1 Å². The van der Waals surface area contributed by atoms with Gasteiger partial charge in [-0.2, -0.15) is 0 Å². The second kappa shape index (κ2) is 6.22. The Labute approximate surface area is 130 Å². The number of rotatable bonds is 5. The Balaban J connectivity index is 2.25. The number of phenolic OH excluding ortho intramolecular Hbond substituents is 1. The Bertz CT molecular complexity index is 775. The van der Waals surface area contributed by atoms with Gasteiger partial charge in [-0.05, 0) is 24.5 Å². The van der Waals surface area contributed by atoms with Crippen LogP contribution in [0.5, 0.6) is 5.75 Å². The third-order valence-corrected chi connectivity index (χ3v) is 3.98. The van der Waals surface area contributed by atoms with E-state index in [1.165, 1.54) is 0 Å². The summed E-state index contributed by atoms with van der Waals surface area (Å²) in [5.74, 6) is 0.381. The molecule has 22 heavy (non-hydrogen) atoms. The lowest BCUT2D eigenvalue weighted by Crippen LogP contribution is -1.93. The van der Waals surface area contributed by atoms with Crippen molar-refractivity contribution >= 4 is 11.0 Å². The van der Waals surface area contributed by atoms with E-state index in [4.69, 9.17) is 4.52 Å². The first kappa shape index (κ1) is 14.6. The van der Waals surface area contributed by atoms with Crippen molar-refractivity contribution in [1.82, 2.24) is 5.16 Å². The zero-order valence-electron chi connectivity index (χ0n) is 13.1. The van der Waals surface area contributed by atoms with Crippen LogP contribution in [-0.2, 0) is 12.8 Å². The number of hydrogen-bond acceptors (Lipinski definition) is 3. The minimum Gasteiger partial charge on any atom is -0.507 e. The second-order valence-electron chi connectivity index (χ2n) is 5.64. The minimum atomic E-state index is 0.381. The van der Waals surface area contributed by atoms with Crippen LogP contribution in [0.4, 0.5) is 0 Å². The maximum Gasteiger partial charge on any atom is 0.174 e. The van der Waals surface area contributed by atoms with Crippen LogP contribution in [0.15, 0.2) is 40.9 Å². The molecule has 3 rings (SSSR count). The van der Waals surface area contributed by atoms with Gasteiger partial charge in [-0.15, -0.1) is 0 Å². The molecule has 0 unspecified atom stereocenters. The summed E-state index contributed by atoms with van der Waals surface area (Å²) >= 11 is 0. The summed E-state index contributed by atoms with van der Waals surface area (Å²) in [7, 11) is 0. The monoisotopic (exact) mass is 295 g/mol. The number of benzene rings is 2. The molecule has 1 aromatic heterocycles. The number of aryl methyl sites for hydroxylation is 2. The van der Waals surface area contributed by atoms with Gasteiger partial charge in [-0.25, -0.2) is 0 Å². The Morgan fingerprint density at radius 1 is 1.05 bits per heavy atom. The van der Waals surface area contributed by atoms with Crippen molar-refractivity contribution in [3.05, 3.63) is 47.5 Å². The summed E-state index contributed by atoms with van der Waals surface area (Å²) in [4.78, 5) is 0. The maximum atomic E-state index is 10.5. The van der Waals surface area contributed by atoms with Gasteiger partial charge in [0.25, 0.3) is 0 Å². The first-order chi connectivity index (χ1) is 10.8. The van der Waals surface area contributed by atoms with Crippen LogP contribution < -0.4 is 0 Å². The fourth-order valence-electron chi connectivity index (χ4n) is 2.94. The van der Waals surface area contributed by atoms with Gasteiger partial charge in [0.05, 0.1) is 5.39 Å². The van der Waals surface area contributed by atoms with Gasteiger partial charge in [-0.3, -0.25) is 0 Å². The van der Waals surface area contributed by atoms with Gasteiger partial charge in [0.1, 0.15) is 11.4 Å². The zero-order valence-corrected chi connectivity index (χ0v) is 13.1. The van der Waals surface area contributed by atoms with Gasteiger partial charge >= 0.3 is 0 Å². The summed E-state index contributed by atoms with van der Waals surface area (Å²) in [6, 6.07) is 12.1. The molecule has 0 amide bonds. The van der Waals surface area contributed by atoms with Crippen molar-refractivity contribution in [2.24, 2.45) is 0 Å². The van der Waals surface area contributed by atoms with E-state index >= 15 is 0 Å². The first-order valence-corrected chi connectivity index (χ1v) is 7.94. The number of hydrogen-bond donors (Lipinski definition) is 1. The Morgan fingerprint density at radius 3 is 2.45 bits per heavy atom. The summed E-state index contributed by atoms with van der Waals surface area (Å²) in [6.07, 6.45) is 3.61. The first-order valence-electron chi connectivity index (χ1n) is 7.94. The normalized spacial score (nSPS) is 11.2. The van der Waals surface area contributed by atoms with Crippen molar-refractivity contribution in [3.8, 4) is 17.0 Å². The molecular formula is C19H21NO2. The van der Waals surface area contributed by atoms with Crippen molar-refractivity contribution in [2.75, 3.05) is 0 Å². The van der Waals surface area contributed by atoms with E-state index in [1.54, 1.807) is 0 Å². The highest BCUT2D eigenvalue weighted by Gasteiger charge is 2.19. The molecule has 0 atom stereocenters. The molecule has 0 saturated heterocycles. The summed E-state index contributed by atoms with van der Waals surface area (Å²) in [6.45, 7) is 4.22. The second-order valence-corrected chi connectivity index (χ2v) is 5.64. The van der Waals surface area contributed by atoms with Gasteiger partial charge < -0.3 is 9.63 Å². The Morgan fingerprint density at radius 2 is 1.77 bits per heavy atom. The van der Waals surface area contributed by atoms with Crippen LogP contribution in [0, 0.1) is 0 Å². The van der Waals surface area contributed by atoms with Crippen LogP contribution in [0.3, 0.4) is 0 Å². The maximum absolute atomic E-state index is 10.5. The van der Waals surface area contributed by atoms with Crippen LogP contribution in [0.1, 0.15) is 37.8 Å². The molecule has 0 aliphatic carbocycles. The van der Waals surface area contributed by atoms with E-state index in [0.717, 1.165) is 59.0 Å². The van der Waals surface area contributed by atoms with Crippen LogP contribution in [-0.4, -0.2) is 10.3 Å². The molecule has 0 fully saturated rings. The van der Waals surface area contributed by atoms with E-state index in [-0.39, 0.29) is 0 Å². The van der Waals surface area contributed by atoms with Crippen molar-refractivity contribution in [1.29, 1.82) is 0 Å². The topological polar surface area (TPSA) is 46.3 Å². The van der Waals surface area contributed by atoms with E-state index < -0.39 is 0 Å². The van der Waals surface area contributed by atoms with Gasteiger partial charge in [-0.1, -0.05) is 62.2 Å². The molecule has 3 nitrogen and oxygen atoms in total. The summed E-state index contributed by atoms with van der Waals surface area (Å²) < 4.78 is 5.59. The average Bonchev–Trinajstić information content (AvgIpc) is 2.96. The molecule has 1 N–H and O–H groups in total. The average molecular weight is 295 g/mol. The molecule has 0 spiro atoms. The van der Waals surface area contributed by atoms with Gasteiger partial charge in [0.2, 0.25) is 0 Å². The molecule has 0 aliphatic rings. The standard InChI is InChI=1S/C19H21NO2/c1-3-8-14-12-16-17(13-10-6-5-7-11-13)20-22-19(16)15(9-4-2)18(14)21/h5-7,10-12,21H,3-4,8-9H2,1-2H3. The molecule has 0 radical (unpaired) electrons. The Hall–Kier alpha value is -2.29. The predicted octanol–water partition coefficient (Wildman–Crippen LogP) is 5.11. The molecule has 3 aromatic rings. The minimum absolute atomic E-state index is 0.381. The lowest BCUT2D eigenvalue weighted by Gasteiger charge is -2.09. The van der Waals surface area contributed by atoms with E-state index in [1.807, 2.05) is 36.4 Å². The molecule has 2 aromatic carbocycles. The van der Waals surface area contributed by atoms with Crippen molar-refractivity contribution in [3.63, 3.8) is 0 Å². The number of fused-ring (bicyclic) bond motifs is 1. The molecular weight excluding hydrogens is 274 g/mol. The molecule has 0 saturated carbocycles. The number of aromatic hydroxyl groups is 1. The summed E-state index contributed by atoms with van der Waals surface area (Å²) in [5.41, 5.74) is 4.48. The number of phenols is 1. The Kier molecular flexibility index (Phi) is 4.14. The highest BCUT2D eigenvalue weighted by Crippen LogP contribution is 2.37. The predicted molar refractivity (Wildman–Crippen MR) is 89.1 cm³/mol. The lowest BCUT2D eigenvalue weighted by atomic mass is 9.97. The molecule has 3 heteroatoms. The van der Waals surface area contributed by atoms with Crippen molar-refractivity contribution < 1.29 is 9.63 Å². The fraction of sp³-hybridized carbons (Fsp3) is 0.316. The third-order valence-electron chi connectivity index (χ3n) is 3.98. The van der Waals surface area contributed by atoms with Crippen LogP contribution >= 0.6 is 0 Å². The van der Waals surface area contributed by atoms with Crippen LogP contribution in [0.2, 0.25) is 0 Å². The molecule has 0 bridgehead atoms. The lowest BCUT2D eigenvalue weighted by molar-refractivity contribution is 0.440. The van der Waals surface area contributed by atoms with Crippen molar-refractivity contribution in [2.45, 2.75) is 39.5 Å². The van der Waals surface area contributed by atoms with Crippen LogP contribution in [0.25, 0.3) is 22.2 Å². The number of nitrogens with zero attached hydrogens (tertiary/aromatic N) is 1.